The number of carbonyl (C=O) groups is 2. The van der Waals surface area contributed by atoms with E-state index in [1.807, 2.05) is 0 Å². The van der Waals surface area contributed by atoms with Crippen LogP contribution in [0.2, 0.25) is 0 Å². The Morgan fingerprint density at radius 3 is 2.60 bits per heavy atom. The molecule has 54 valence electrons. The van der Waals surface area contributed by atoms with Crippen LogP contribution in [0.25, 0.3) is 0 Å². The van der Waals surface area contributed by atoms with Gasteiger partial charge in [0, 0.05) is 0 Å². The number of rotatable bonds is 3. The van der Waals surface area contributed by atoms with Crippen molar-refractivity contribution in [2.24, 2.45) is 5.73 Å². The molecule has 0 fully saturated rings. The van der Waals surface area contributed by atoms with E-state index in [-0.39, 0.29) is 18.7 Å². The van der Waals surface area contributed by atoms with Gasteiger partial charge >= 0.3 is 6.03 Å². The number of nitrogens with one attached hydrogen (secondary N) is 1. The molecule has 0 unspecified atom stereocenters. The summed E-state index contributed by atoms with van der Waals surface area (Å²) in [6.07, 6.45) is -0.194. The zero-order valence-electron chi connectivity index (χ0n) is 5.26. The van der Waals surface area contributed by atoms with Crippen LogP contribution in [0.5, 0.6) is 0 Å². The highest BCUT2D eigenvalue weighted by Crippen LogP contribution is 1.76. The number of hydrogen-bond acceptors (Lipinski definition) is 3. The van der Waals surface area contributed by atoms with Crippen molar-refractivity contribution >= 4 is 11.8 Å². The number of ketones is 1. The minimum absolute atomic E-state index is 0.164. The molecule has 3 N–H and O–H groups in total. The second-order valence-electron chi connectivity index (χ2n) is 1.59. The van der Waals surface area contributed by atoms with Gasteiger partial charge in [0.2, 0.25) is 0 Å². The van der Waals surface area contributed by atoms with E-state index in [2.05, 4.69) is 11.1 Å². The van der Waals surface area contributed by atoms with Gasteiger partial charge in [-0.05, 0) is 0 Å². The fraction of sp³-hybridized carbons (Fsp3) is 0.400. The van der Waals surface area contributed by atoms with Crippen molar-refractivity contribution in [1.82, 2.24) is 5.32 Å². The first kappa shape index (κ1) is 8.43. The highest BCUT2D eigenvalue weighted by molar-refractivity contribution is 5.86. The Morgan fingerprint density at radius 2 is 2.20 bits per heavy atom. The zero-order chi connectivity index (χ0) is 7.98. The van der Waals surface area contributed by atoms with Crippen LogP contribution in [0.4, 0.5) is 4.79 Å². The predicted molar refractivity (Wildman–Crippen MR) is 32.8 cm³/mol. The summed E-state index contributed by atoms with van der Waals surface area (Å²) in [4.78, 5) is 20.4. The summed E-state index contributed by atoms with van der Waals surface area (Å²) >= 11 is 0. The first-order valence-corrected chi connectivity index (χ1v) is 2.58. The summed E-state index contributed by atoms with van der Waals surface area (Å²) < 4.78 is 0. The molecule has 0 rings (SSSR count). The number of nitrogens with two attached hydrogens (primary N) is 1. The molecule has 10 heavy (non-hydrogen) atoms. The molecule has 0 aliphatic heterocycles. The van der Waals surface area contributed by atoms with Crippen molar-refractivity contribution in [2.75, 3.05) is 6.54 Å². The number of Topliss-reactive ketones (excluding diaryl/α,β-unsaturated/α-hetero) is 1. The Balaban J connectivity index is 3.42. The van der Waals surface area contributed by atoms with E-state index in [0.29, 0.717) is 0 Å². The lowest BCUT2D eigenvalue weighted by Gasteiger charge is -1.95. The predicted octanol–water partition coefficient (Wildman–Crippen LogP) is -0.863. The normalized spacial score (nSPS) is 7.90. The average Bonchev–Trinajstić information content (AvgIpc) is 1.85. The summed E-state index contributed by atoms with van der Waals surface area (Å²) in [6.45, 7) is -0.164. The second-order valence-corrected chi connectivity index (χ2v) is 1.59. The van der Waals surface area contributed by atoms with Crippen molar-refractivity contribution < 1.29 is 9.59 Å². The number of urea groups is 1. The lowest BCUT2D eigenvalue weighted by Crippen LogP contribution is -2.33. The molecule has 2 amide bonds. The van der Waals surface area contributed by atoms with Crippen LogP contribution in [0, 0.1) is 11.3 Å². The Bertz CT molecular complexity index is 182. The first-order chi connectivity index (χ1) is 4.66. The van der Waals surface area contributed by atoms with Crippen LogP contribution in [-0.4, -0.2) is 18.4 Å². The Hall–Kier alpha value is -1.57. The summed E-state index contributed by atoms with van der Waals surface area (Å²) in [5.74, 6) is -0.346. The number of carbonyl (C=O) groups excluding carboxylic acids is 2. The van der Waals surface area contributed by atoms with Crippen molar-refractivity contribution in [3.63, 3.8) is 0 Å². The lowest BCUT2D eigenvalue weighted by atomic mass is 10.3. The van der Waals surface area contributed by atoms with Crippen LogP contribution >= 0.6 is 0 Å². The van der Waals surface area contributed by atoms with Crippen LogP contribution in [0.1, 0.15) is 6.42 Å². The SMILES string of the molecule is N#CCC(=O)CNC(N)=O. The molecule has 0 bridgehead atoms. The quantitative estimate of drug-likeness (QED) is 0.535. The molecule has 0 heterocycles. The van der Waals surface area contributed by atoms with Crippen LogP contribution < -0.4 is 11.1 Å². The van der Waals surface area contributed by atoms with Crippen LogP contribution in [0.15, 0.2) is 0 Å². The fourth-order valence-electron chi connectivity index (χ4n) is 0.336. The van der Waals surface area contributed by atoms with Crippen molar-refractivity contribution in [2.45, 2.75) is 6.42 Å². The average molecular weight is 141 g/mol. The van der Waals surface area contributed by atoms with Gasteiger partial charge in [-0.25, -0.2) is 4.79 Å². The van der Waals surface area contributed by atoms with Gasteiger partial charge in [-0.1, -0.05) is 0 Å². The smallest absolute Gasteiger partial charge is 0.312 e. The van der Waals surface area contributed by atoms with Gasteiger partial charge in [0.25, 0.3) is 0 Å². The zero-order valence-corrected chi connectivity index (χ0v) is 5.26. The third kappa shape index (κ3) is 4.59. The van der Waals surface area contributed by atoms with Gasteiger partial charge in [-0.2, -0.15) is 5.26 Å². The van der Waals surface area contributed by atoms with Gasteiger partial charge in [-0.15, -0.1) is 0 Å². The molecule has 5 nitrogen and oxygen atoms in total. The largest absolute Gasteiger partial charge is 0.352 e. The molecule has 0 spiro atoms. The van der Waals surface area contributed by atoms with E-state index >= 15 is 0 Å². The number of primary amides is 1. The van der Waals surface area contributed by atoms with E-state index in [0.717, 1.165) is 0 Å². The third-order valence-corrected chi connectivity index (χ3v) is 0.736. The van der Waals surface area contributed by atoms with E-state index in [1.54, 1.807) is 6.07 Å². The molecule has 0 aromatic carbocycles. The van der Waals surface area contributed by atoms with E-state index < -0.39 is 6.03 Å². The molecular weight excluding hydrogens is 134 g/mol. The molecule has 0 saturated heterocycles. The van der Waals surface area contributed by atoms with E-state index in [4.69, 9.17) is 5.26 Å². The fourth-order valence-corrected chi connectivity index (χ4v) is 0.336. The molecule has 0 aliphatic carbocycles. The minimum Gasteiger partial charge on any atom is -0.352 e. The van der Waals surface area contributed by atoms with Crippen molar-refractivity contribution in [3.8, 4) is 6.07 Å². The molecule has 0 radical (unpaired) electrons. The minimum atomic E-state index is -0.758. The number of nitrogens with zero attached hydrogens (tertiary/aromatic N) is 1. The van der Waals surface area contributed by atoms with Crippen LogP contribution in [0.3, 0.4) is 0 Å². The number of amides is 2. The van der Waals surface area contributed by atoms with Gasteiger partial charge in [0.15, 0.2) is 5.78 Å². The Kier molecular flexibility index (Phi) is 3.64. The summed E-state index contributed by atoms with van der Waals surface area (Å²) in [5.41, 5.74) is 4.65. The Morgan fingerprint density at radius 1 is 1.60 bits per heavy atom. The summed E-state index contributed by atoms with van der Waals surface area (Å²) in [5, 5.41) is 10.1. The monoisotopic (exact) mass is 141 g/mol. The summed E-state index contributed by atoms with van der Waals surface area (Å²) in [6, 6.07) is 0.891. The molecule has 0 aliphatic rings. The number of hydrogen-bond donors (Lipinski definition) is 2. The molecule has 5 heteroatoms. The summed E-state index contributed by atoms with van der Waals surface area (Å²) in [7, 11) is 0. The van der Waals surface area contributed by atoms with Gasteiger partial charge in [0.05, 0.1) is 19.0 Å². The van der Waals surface area contributed by atoms with Crippen LogP contribution in [-0.2, 0) is 4.79 Å². The van der Waals surface area contributed by atoms with Crippen molar-refractivity contribution in [3.05, 3.63) is 0 Å². The van der Waals surface area contributed by atoms with E-state index in [1.165, 1.54) is 0 Å². The Labute approximate surface area is 57.8 Å². The lowest BCUT2D eigenvalue weighted by molar-refractivity contribution is -0.117. The maximum Gasteiger partial charge on any atom is 0.312 e. The molecule has 0 aromatic rings. The standard InChI is InChI=1S/C5H7N3O2/c6-2-1-4(9)3-8-5(7)10/h1,3H2,(H3,7,8,10). The maximum absolute atomic E-state index is 10.5. The highest BCUT2D eigenvalue weighted by atomic mass is 16.2. The topological polar surface area (TPSA) is 96.0 Å². The third-order valence-electron chi connectivity index (χ3n) is 0.736. The highest BCUT2D eigenvalue weighted by Gasteiger charge is 2.00. The van der Waals surface area contributed by atoms with Crippen molar-refractivity contribution in [1.29, 1.82) is 5.26 Å². The van der Waals surface area contributed by atoms with Gasteiger partial charge < -0.3 is 11.1 Å². The molecular formula is C5H7N3O2. The van der Waals surface area contributed by atoms with Gasteiger partial charge in [-0.3, -0.25) is 4.79 Å². The molecule has 0 aromatic heterocycles. The first-order valence-electron chi connectivity index (χ1n) is 2.58. The number of nitriles is 1. The second kappa shape index (κ2) is 4.32. The molecule has 0 atom stereocenters. The maximum atomic E-state index is 10.5. The van der Waals surface area contributed by atoms with Gasteiger partial charge in [0.1, 0.15) is 0 Å². The van der Waals surface area contributed by atoms with E-state index in [9.17, 15) is 9.59 Å². The molecule has 0 saturated carbocycles.